The topological polar surface area (TPSA) is 99.7 Å². The molecule has 0 spiro atoms. The molecule has 0 radical (unpaired) electrons. The first kappa shape index (κ1) is 23.6. The van der Waals surface area contributed by atoms with Gasteiger partial charge in [-0.15, -0.1) is 0 Å². The molecule has 3 aromatic carbocycles. The number of hydrogen-bond acceptors (Lipinski definition) is 5. The fourth-order valence-electron chi connectivity index (χ4n) is 4.59. The lowest BCUT2D eigenvalue weighted by atomic mass is 9.87. The van der Waals surface area contributed by atoms with Crippen LogP contribution in [0.2, 0.25) is 5.02 Å². The second-order valence-electron chi connectivity index (χ2n) is 8.57. The number of hydrogen-bond donors (Lipinski definition) is 3. The van der Waals surface area contributed by atoms with Crippen LogP contribution < -0.4 is 16.4 Å². The van der Waals surface area contributed by atoms with Crippen molar-refractivity contribution in [2.24, 2.45) is 0 Å². The van der Waals surface area contributed by atoms with Gasteiger partial charge in [0, 0.05) is 27.4 Å². The molecule has 1 amide bonds. The lowest BCUT2D eigenvalue weighted by molar-refractivity contribution is -0.137. The summed E-state index contributed by atoms with van der Waals surface area (Å²) in [5, 5.41) is 5.81. The molecule has 1 fully saturated rings. The molecule has 1 aromatic heterocycles. The summed E-state index contributed by atoms with van der Waals surface area (Å²) in [6.07, 6.45) is -6.01. The molecular weight excluding hydrogens is 525 g/mol. The zero-order valence-corrected chi connectivity index (χ0v) is 18.9. The van der Waals surface area contributed by atoms with Gasteiger partial charge in [0.05, 0.1) is 17.1 Å². The highest BCUT2D eigenvalue weighted by atomic mass is 35.5. The second-order valence-corrected chi connectivity index (χ2v) is 8.97. The number of benzene rings is 3. The number of oxazole rings is 1. The maximum atomic E-state index is 14.2. The number of ether oxygens (including phenoxy) is 1. The Morgan fingerprint density at radius 2 is 1.81 bits per heavy atom. The third-order valence-corrected chi connectivity index (χ3v) is 6.53. The molecule has 2 aliphatic rings. The SMILES string of the molecule is O=C(Nc1cc2[nH]c(=O)oc2c2c1C(c1cc(F)ccc1Cl)NC1OC21)c1cc(F)cc(C(F)(F)F)c1. The van der Waals surface area contributed by atoms with Gasteiger partial charge in [0.25, 0.3) is 5.91 Å². The molecule has 3 heterocycles. The summed E-state index contributed by atoms with van der Waals surface area (Å²) >= 11 is 6.35. The zero-order valence-electron chi connectivity index (χ0n) is 18.2. The number of aromatic nitrogens is 1. The molecule has 3 N–H and O–H groups in total. The molecule has 3 atom stereocenters. The fourth-order valence-corrected chi connectivity index (χ4v) is 4.82. The van der Waals surface area contributed by atoms with Crippen LogP contribution in [0.5, 0.6) is 0 Å². The van der Waals surface area contributed by atoms with Gasteiger partial charge in [-0.2, -0.15) is 13.2 Å². The van der Waals surface area contributed by atoms with Gasteiger partial charge >= 0.3 is 11.9 Å². The lowest BCUT2D eigenvalue weighted by Crippen LogP contribution is -2.32. The molecule has 2 aliphatic heterocycles. The van der Waals surface area contributed by atoms with Crippen molar-refractivity contribution in [2.45, 2.75) is 24.6 Å². The van der Waals surface area contributed by atoms with Gasteiger partial charge in [-0.3, -0.25) is 15.1 Å². The fraction of sp³-hybridized carbons (Fsp3) is 0.167. The minimum Gasteiger partial charge on any atom is -0.407 e. The van der Waals surface area contributed by atoms with Crippen LogP contribution in [0.3, 0.4) is 0 Å². The van der Waals surface area contributed by atoms with Crippen LogP contribution in [0.4, 0.5) is 27.6 Å². The van der Waals surface area contributed by atoms with E-state index in [1.807, 2.05) is 0 Å². The van der Waals surface area contributed by atoms with E-state index in [0.29, 0.717) is 23.3 Å². The number of halogens is 6. The predicted octanol–water partition coefficient (Wildman–Crippen LogP) is 5.41. The smallest absolute Gasteiger partial charge is 0.407 e. The van der Waals surface area contributed by atoms with Crippen LogP contribution in [0, 0.1) is 11.6 Å². The number of carbonyl (C=O) groups is 1. The number of carbonyl (C=O) groups excluding carboxylic acids is 1. The first-order chi connectivity index (χ1) is 17.5. The second kappa shape index (κ2) is 8.13. The van der Waals surface area contributed by atoms with Crippen LogP contribution in [0.25, 0.3) is 11.1 Å². The van der Waals surface area contributed by atoms with Crippen molar-refractivity contribution < 1.29 is 35.9 Å². The average Bonchev–Trinajstić information content (AvgIpc) is 3.51. The molecule has 3 unspecified atom stereocenters. The van der Waals surface area contributed by atoms with E-state index >= 15 is 0 Å². The summed E-state index contributed by atoms with van der Waals surface area (Å²) < 4.78 is 78.6. The Bertz CT molecular complexity index is 1660. The molecule has 0 aliphatic carbocycles. The summed E-state index contributed by atoms with van der Waals surface area (Å²) in [6, 6.07) is 5.59. The van der Waals surface area contributed by atoms with Gasteiger partial charge in [-0.1, -0.05) is 11.6 Å². The summed E-state index contributed by atoms with van der Waals surface area (Å²) in [5.74, 6) is -3.70. The van der Waals surface area contributed by atoms with Crippen LogP contribution >= 0.6 is 11.6 Å². The Morgan fingerprint density at radius 1 is 1.03 bits per heavy atom. The van der Waals surface area contributed by atoms with Crippen molar-refractivity contribution in [3.63, 3.8) is 0 Å². The summed E-state index contributed by atoms with van der Waals surface area (Å²) in [5.41, 5.74) is -0.646. The van der Waals surface area contributed by atoms with Gasteiger partial charge in [0.1, 0.15) is 24.0 Å². The standard InChI is InChI=1S/C24H13ClF5N3O4/c25-13-2-1-10(26)6-12(13)18-16-14(31-21(34)8-3-9(24(28,29)30)5-11(27)4-8)7-15-19(37-23(35)32-15)17(16)20-22(33-18)36-20/h1-7,18,20,22,33H,(H,31,34)(H,32,35). The number of anilines is 1. The number of nitrogens with one attached hydrogen (secondary N) is 3. The highest BCUT2D eigenvalue weighted by molar-refractivity contribution is 6.31. The Labute approximate surface area is 208 Å². The maximum Gasteiger partial charge on any atom is 0.417 e. The minimum absolute atomic E-state index is 0.0362. The molecular formula is C24H13ClF5N3O4. The van der Waals surface area contributed by atoms with E-state index in [1.54, 1.807) is 0 Å². The maximum absolute atomic E-state index is 14.2. The Hall–Kier alpha value is -3.74. The highest BCUT2D eigenvalue weighted by Crippen LogP contribution is 2.52. The molecule has 0 bridgehead atoms. The number of H-pyrrole nitrogens is 1. The predicted molar refractivity (Wildman–Crippen MR) is 120 cm³/mol. The molecule has 4 aromatic rings. The third kappa shape index (κ3) is 4.06. The molecule has 6 rings (SSSR count). The van der Waals surface area contributed by atoms with Crippen molar-refractivity contribution in [2.75, 3.05) is 5.32 Å². The minimum atomic E-state index is -4.88. The molecule has 13 heteroatoms. The number of rotatable bonds is 3. The van der Waals surface area contributed by atoms with E-state index in [0.717, 1.165) is 6.07 Å². The van der Waals surface area contributed by atoms with Crippen molar-refractivity contribution in [3.8, 4) is 0 Å². The first-order valence-corrected chi connectivity index (χ1v) is 11.1. The van der Waals surface area contributed by atoms with Crippen molar-refractivity contribution >= 4 is 34.3 Å². The van der Waals surface area contributed by atoms with E-state index in [2.05, 4.69) is 15.6 Å². The Balaban J connectivity index is 1.52. The number of aromatic amines is 1. The van der Waals surface area contributed by atoms with E-state index in [4.69, 9.17) is 20.8 Å². The molecule has 7 nitrogen and oxygen atoms in total. The Kier molecular flexibility index (Phi) is 5.20. The lowest BCUT2D eigenvalue weighted by Gasteiger charge is -2.28. The number of amides is 1. The normalized spacial score (nSPS) is 20.4. The van der Waals surface area contributed by atoms with E-state index in [9.17, 15) is 31.5 Å². The summed E-state index contributed by atoms with van der Waals surface area (Å²) in [7, 11) is 0. The number of epoxide rings is 1. The zero-order chi connectivity index (χ0) is 26.2. The van der Waals surface area contributed by atoms with E-state index < -0.39 is 59.0 Å². The first-order valence-electron chi connectivity index (χ1n) is 10.7. The average molecular weight is 538 g/mol. The molecule has 0 saturated carbocycles. The highest BCUT2D eigenvalue weighted by Gasteiger charge is 2.51. The summed E-state index contributed by atoms with van der Waals surface area (Å²) in [6.45, 7) is 0. The number of fused-ring (bicyclic) bond motifs is 5. The van der Waals surface area contributed by atoms with Gasteiger partial charge in [-0.25, -0.2) is 13.6 Å². The molecule has 37 heavy (non-hydrogen) atoms. The van der Waals surface area contributed by atoms with Crippen LogP contribution in [0.1, 0.15) is 44.8 Å². The number of alkyl halides is 3. The van der Waals surface area contributed by atoms with Crippen molar-refractivity contribution in [3.05, 3.63) is 97.5 Å². The van der Waals surface area contributed by atoms with E-state index in [-0.39, 0.29) is 33.4 Å². The largest absolute Gasteiger partial charge is 0.417 e. The van der Waals surface area contributed by atoms with E-state index in [1.165, 1.54) is 18.2 Å². The third-order valence-electron chi connectivity index (χ3n) is 6.19. The Morgan fingerprint density at radius 3 is 2.57 bits per heavy atom. The van der Waals surface area contributed by atoms with Crippen molar-refractivity contribution in [1.82, 2.24) is 10.3 Å². The molecule has 190 valence electrons. The van der Waals surface area contributed by atoms with Gasteiger partial charge in [-0.05, 0) is 48.0 Å². The van der Waals surface area contributed by atoms with Crippen LogP contribution in [-0.2, 0) is 10.9 Å². The van der Waals surface area contributed by atoms with Crippen LogP contribution in [0.15, 0.2) is 51.7 Å². The van der Waals surface area contributed by atoms with Gasteiger partial charge in [0.15, 0.2) is 5.58 Å². The van der Waals surface area contributed by atoms with Crippen LogP contribution in [-0.4, -0.2) is 17.1 Å². The van der Waals surface area contributed by atoms with Gasteiger partial charge in [0.2, 0.25) is 0 Å². The quantitative estimate of drug-likeness (QED) is 0.240. The van der Waals surface area contributed by atoms with Crippen molar-refractivity contribution in [1.29, 1.82) is 0 Å². The summed E-state index contributed by atoms with van der Waals surface area (Å²) in [4.78, 5) is 27.5. The molecule has 1 saturated heterocycles. The monoisotopic (exact) mass is 537 g/mol. The van der Waals surface area contributed by atoms with Gasteiger partial charge < -0.3 is 14.5 Å².